The van der Waals surface area contributed by atoms with E-state index in [9.17, 15) is 0 Å². The normalized spacial score (nSPS) is 12.5. The van der Waals surface area contributed by atoms with Gasteiger partial charge in [-0.1, -0.05) is 34.8 Å². The predicted octanol–water partition coefficient (Wildman–Crippen LogP) is 4.98. The van der Waals surface area contributed by atoms with Crippen molar-refractivity contribution in [2.45, 2.75) is 19.9 Å². The molecule has 2 aromatic rings. The molecule has 0 aromatic carbocycles. The van der Waals surface area contributed by atoms with Crippen molar-refractivity contribution in [1.82, 2.24) is 9.97 Å². The Balaban J connectivity index is 2.21. The van der Waals surface area contributed by atoms with Crippen molar-refractivity contribution < 1.29 is 0 Å². The Morgan fingerprint density at radius 2 is 2.00 bits per heavy atom. The van der Waals surface area contributed by atoms with Gasteiger partial charge in [0.1, 0.15) is 16.0 Å². The summed E-state index contributed by atoms with van der Waals surface area (Å²) in [4.78, 5) is 9.58. The molecular weight excluding hydrogens is 313 g/mol. The third kappa shape index (κ3) is 3.06. The van der Waals surface area contributed by atoms with Crippen molar-refractivity contribution in [3.63, 3.8) is 0 Å². The van der Waals surface area contributed by atoms with Crippen LogP contribution in [0.1, 0.15) is 22.9 Å². The van der Waals surface area contributed by atoms with Crippen LogP contribution in [0, 0.1) is 6.92 Å². The van der Waals surface area contributed by atoms with Gasteiger partial charge < -0.3 is 5.32 Å². The average Bonchev–Trinajstić information content (AvgIpc) is 2.73. The zero-order valence-corrected chi connectivity index (χ0v) is 12.8. The summed E-state index contributed by atoms with van der Waals surface area (Å²) < 4.78 is 0. The third-order valence-electron chi connectivity index (χ3n) is 2.25. The molecule has 2 heterocycles. The summed E-state index contributed by atoms with van der Waals surface area (Å²) >= 11 is 19.4. The summed E-state index contributed by atoms with van der Waals surface area (Å²) in [5.74, 6) is 0.506. The molecule has 2 aromatic heterocycles. The highest BCUT2D eigenvalue weighted by atomic mass is 35.5. The molecule has 0 saturated carbocycles. The zero-order valence-electron chi connectivity index (χ0n) is 9.67. The molecule has 1 atom stereocenters. The molecule has 2 rings (SSSR count). The number of thiazole rings is 1. The predicted molar refractivity (Wildman–Crippen MR) is 78.2 cm³/mol. The van der Waals surface area contributed by atoms with Gasteiger partial charge in [0, 0.05) is 11.1 Å². The first-order valence-electron chi connectivity index (χ1n) is 5.17. The summed E-state index contributed by atoms with van der Waals surface area (Å²) in [7, 11) is 0. The number of halogens is 3. The lowest BCUT2D eigenvalue weighted by molar-refractivity contribution is 0.861. The molecule has 0 aliphatic rings. The fraction of sp³-hybridized carbons (Fsp3) is 0.273. The maximum Gasteiger partial charge on any atom is 0.150 e. The minimum absolute atomic E-state index is 0.00550. The molecule has 1 unspecified atom stereocenters. The second-order valence-corrected chi connectivity index (χ2v) is 6.21. The first-order valence-corrected chi connectivity index (χ1v) is 7.13. The van der Waals surface area contributed by atoms with Gasteiger partial charge in [-0.2, -0.15) is 0 Å². The Labute approximate surface area is 124 Å². The Morgan fingerprint density at radius 3 is 2.61 bits per heavy atom. The topological polar surface area (TPSA) is 37.8 Å². The molecule has 0 spiro atoms. The molecule has 1 N–H and O–H groups in total. The van der Waals surface area contributed by atoms with Crippen LogP contribution in [0.15, 0.2) is 12.3 Å². The monoisotopic (exact) mass is 321 g/mol. The van der Waals surface area contributed by atoms with Crippen LogP contribution in [0.3, 0.4) is 0 Å². The number of nitrogens with one attached hydrogen (secondary N) is 1. The van der Waals surface area contributed by atoms with E-state index in [2.05, 4.69) is 15.3 Å². The molecule has 7 heteroatoms. The van der Waals surface area contributed by atoms with Crippen molar-refractivity contribution in [2.24, 2.45) is 0 Å². The molecule has 0 bridgehead atoms. The lowest BCUT2D eigenvalue weighted by Crippen LogP contribution is -2.08. The second-order valence-electron chi connectivity index (χ2n) is 3.77. The summed E-state index contributed by atoms with van der Waals surface area (Å²) in [6, 6.07) is 1.58. The highest BCUT2D eigenvalue weighted by Crippen LogP contribution is 2.31. The lowest BCUT2D eigenvalue weighted by atomic mass is 10.3. The van der Waals surface area contributed by atoms with Crippen LogP contribution >= 0.6 is 46.1 Å². The summed E-state index contributed by atoms with van der Waals surface area (Å²) in [5.41, 5.74) is 0. The van der Waals surface area contributed by atoms with Crippen LogP contribution < -0.4 is 5.32 Å². The maximum absolute atomic E-state index is 6.05. The standard InChI is InChI=1S/C11H10Cl3N3S/c1-5-4-15-11(18-5)6(2)16-10-8(13)3-7(12)9(14)17-10/h3-4,6H,1-2H3,(H,16,17). The van der Waals surface area contributed by atoms with Gasteiger partial charge >= 0.3 is 0 Å². The van der Waals surface area contributed by atoms with Gasteiger partial charge in [-0.25, -0.2) is 9.97 Å². The van der Waals surface area contributed by atoms with Crippen molar-refractivity contribution in [3.05, 3.63) is 37.3 Å². The van der Waals surface area contributed by atoms with Gasteiger partial charge in [-0.05, 0) is 19.9 Å². The van der Waals surface area contributed by atoms with E-state index in [1.54, 1.807) is 17.4 Å². The number of aromatic nitrogens is 2. The molecule has 0 aliphatic heterocycles. The van der Waals surface area contributed by atoms with Crippen molar-refractivity contribution in [3.8, 4) is 0 Å². The Kier molecular flexibility index (Phi) is 4.33. The van der Waals surface area contributed by atoms with E-state index < -0.39 is 0 Å². The van der Waals surface area contributed by atoms with E-state index in [4.69, 9.17) is 34.8 Å². The first-order chi connectivity index (χ1) is 8.47. The number of hydrogen-bond acceptors (Lipinski definition) is 4. The zero-order chi connectivity index (χ0) is 13.3. The van der Waals surface area contributed by atoms with Gasteiger partial charge in [-0.3, -0.25) is 0 Å². The molecule has 0 radical (unpaired) electrons. The van der Waals surface area contributed by atoms with Crippen LogP contribution in [-0.4, -0.2) is 9.97 Å². The van der Waals surface area contributed by atoms with Crippen LogP contribution in [0.4, 0.5) is 5.82 Å². The number of anilines is 1. The average molecular weight is 323 g/mol. The molecule has 18 heavy (non-hydrogen) atoms. The fourth-order valence-electron chi connectivity index (χ4n) is 1.38. The van der Waals surface area contributed by atoms with Crippen LogP contribution in [0.25, 0.3) is 0 Å². The van der Waals surface area contributed by atoms with Crippen molar-refractivity contribution in [1.29, 1.82) is 0 Å². The number of pyridine rings is 1. The Hall–Kier alpha value is -0.550. The molecule has 0 fully saturated rings. The smallest absolute Gasteiger partial charge is 0.150 e. The van der Waals surface area contributed by atoms with E-state index in [0.717, 1.165) is 9.88 Å². The molecule has 96 valence electrons. The second kappa shape index (κ2) is 5.61. The van der Waals surface area contributed by atoms with Gasteiger partial charge in [0.25, 0.3) is 0 Å². The third-order valence-corrected chi connectivity index (χ3v) is 4.31. The van der Waals surface area contributed by atoms with Gasteiger partial charge in [-0.15, -0.1) is 11.3 Å². The van der Waals surface area contributed by atoms with Crippen LogP contribution in [0.2, 0.25) is 15.2 Å². The highest BCUT2D eigenvalue weighted by Gasteiger charge is 2.13. The number of nitrogens with zero attached hydrogens (tertiary/aromatic N) is 2. The number of rotatable bonds is 3. The van der Waals surface area contributed by atoms with E-state index in [1.807, 2.05) is 20.0 Å². The largest absolute Gasteiger partial charge is 0.360 e. The molecule has 3 nitrogen and oxygen atoms in total. The van der Waals surface area contributed by atoms with Gasteiger partial charge in [0.2, 0.25) is 0 Å². The summed E-state index contributed by atoms with van der Waals surface area (Å²) in [6.07, 6.45) is 1.84. The molecule has 0 saturated heterocycles. The van der Waals surface area contributed by atoms with Crippen LogP contribution in [-0.2, 0) is 0 Å². The van der Waals surface area contributed by atoms with E-state index >= 15 is 0 Å². The van der Waals surface area contributed by atoms with E-state index in [1.165, 1.54) is 0 Å². The minimum Gasteiger partial charge on any atom is -0.360 e. The fourth-order valence-corrected chi connectivity index (χ4v) is 2.71. The number of hydrogen-bond donors (Lipinski definition) is 1. The summed E-state index contributed by atoms with van der Waals surface area (Å²) in [5, 5.41) is 5.14. The number of aryl methyl sites for hydroxylation is 1. The quantitative estimate of drug-likeness (QED) is 0.810. The first kappa shape index (κ1) is 13.9. The Morgan fingerprint density at radius 1 is 1.28 bits per heavy atom. The highest BCUT2D eigenvalue weighted by molar-refractivity contribution is 7.11. The minimum atomic E-state index is 0.00550. The van der Waals surface area contributed by atoms with Gasteiger partial charge in [0.15, 0.2) is 0 Å². The summed E-state index contributed by atoms with van der Waals surface area (Å²) in [6.45, 7) is 4.00. The Bertz CT molecular complexity index is 571. The SMILES string of the molecule is Cc1cnc(C(C)Nc2nc(Cl)c(Cl)cc2Cl)s1. The van der Waals surface area contributed by atoms with E-state index in [-0.39, 0.29) is 11.2 Å². The van der Waals surface area contributed by atoms with Gasteiger partial charge in [0.05, 0.1) is 16.1 Å². The van der Waals surface area contributed by atoms with E-state index in [0.29, 0.717) is 15.9 Å². The van der Waals surface area contributed by atoms with Crippen molar-refractivity contribution in [2.75, 3.05) is 5.32 Å². The maximum atomic E-state index is 6.05. The van der Waals surface area contributed by atoms with Crippen LogP contribution in [0.5, 0.6) is 0 Å². The molecular formula is C11H10Cl3N3S. The lowest BCUT2D eigenvalue weighted by Gasteiger charge is -2.13. The molecule has 0 aliphatic carbocycles. The molecule has 0 amide bonds. The van der Waals surface area contributed by atoms with Crippen molar-refractivity contribution >= 4 is 52.0 Å².